The Labute approximate surface area is 228 Å². The maximum Gasteiger partial charge on any atom is 0.147 e. The maximum absolute atomic E-state index is 16.6. The number of pyridine rings is 1. The summed E-state index contributed by atoms with van der Waals surface area (Å²) in [5.41, 5.74) is -2.20. The van der Waals surface area contributed by atoms with E-state index in [0.29, 0.717) is 29.2 Å². The van der Waals surface area contributed by atoms with Gasteiger partial charge in [-0.3, -0.25) is 8.93 Å². The smallest absolute Gasteiger partial charge is 0.147 e. The van der Waals surface area contributed by atoms with Crippen LogP contribution in [0.4, 0.5) is 8.78 Å². The van der Waals surface area contributed by atoms with Crippen molar-refractivity contribution in [2.45, 2.75) is 94.5 Å². The molecule has 1 aromatic heterocycles. The van der Waals surface area contributed by atoms with Crippen molar-refractivity contribution in [2.75, 3.05) is 19.0 Å². The van der Waals surface area contributed by atoms with Crippen LogP contribution in [0.15, 0.2) is 10.7 Å². The molecule has 1 aliphatic heterocycles. The highest BCUT2D eigenvalue weighted by Gasteiger charge is 2.53. The van der Waals surface area contributed by atoms with Crippen LogP contribution in [0.25, 0.3) is 0 Å². The number of thiol groups is 1. The van der Waals surface area contributed by atoms with Gasteiger partial charge in [0.05, 0.1) is 14.1 Å². The summed E-state index contributed by atoms with van der Waals surface area (Å²) < 4.78 is 63.7. The monoisotopic (exact) mass is 626 g/mol. The van der Waals surface area contributed by atoms with Gasteiger partial charge in [-0.2, -0.15) is 5.26 Å². The molecule has 2 heterocycles. The number of aromatic nitrogens is 1. The topological polar surface area (TPSA) is 101 Å². The predicted octanol–water partition coefficient (Wildman–Crippen LogP) is 4.51. The van der Waals surface area contributed by atoms with Gasteiger partial charge in [-0.05, 0) is 77.8 Å². The molecule has 2 N–H and O–H groups in total. The second-order valence-electron chi connectivity index (χ2n) is 11.0. The van der Waals surface area contributed by atoms with Gasteiger partial charge in [0.2, 0.25) is 0 Å². The van der Waals surface area contributed by atoms with E-state index in [1.807, 2.05) is 20.8 Å². The standard InChI is InChI=1S/C24H41BrF2N4O2S2Si/c1-8-36(9-2,10-3)18-14-19(25)30-21(20(18)27)24(15-26,31-34(32)22(4,5)6)17-35(33)23(7,16-28)12-11-13-29-35/h14,31,35H,8-13,15,17H2,1-7H3,(H,29,33)/t23-,24+,34?/m1/s1. The minimum Gasteiger partial charge on any atom is -0.598 e. The Bertz CT molecular complexity index is 1030. The number of hydrogen-bond acceptors (Lipinski definition) is 5. The number of nitrogens with one attached hydrogen (secondary N) is 2. The van der Waals surface area contributed by atoms with Gasteiger partial charge < -0.3 is 4.55 Å². The second kappa shape index (κ2) is 11.8. The fourth-order valence-electron chi connectivity index (χ4n) is 4.94. The van der Waals surface area contributed by atoms with Crippen molar-refractivity contribution < 1.29 is 17.5 Å². The lowest BCUT2D eigenvalue weighted by Gasteiger charge is -2.46. The Morgan fingerprint density at radius 2 is 1.94 bits per heavy atom. The Morgan fingerprint density at radius 1 is 1.36 bits per heavy atom. The zero-order chi connectivity index (χ0) is 27.6. The molecule has 0 aliphatic carbocycles. The first-order valence-corrected chi connectivity index (χ1v) is 19.0. The number of hydrogen-bond donors (Lipinski definition) is 3. The molecule has 0 aromatic carbocycles. The van der Waals surface area contributed by atoms with E-state index in [2.05, 4.69) is 36.4 Å². The molecule has 6 nitrogen and oxygen atoms in total. The Balaban J connectivity index is 2.88. The van der Waals surface area contributed by atoms with Crippen molar-refractivity contribution in [3.05, 3.63) is 22.2 Å². The van der Waals surface area contributed by atoms with Crippen LogP contribution < -0.4 is 14.6 Å². The first-order chi connectivity index (χ1) is 16.6. The highest BCUT2D eigenvalue weighted by molar-refractivity contribution is 9.10. The molecule has 0 amide bonds. The molecule has 1 unspecified atom stereocenters. The van der Waals surface area contributed by atoms with Gasteiger partial charge in [0.15, 0.2) is 0 Å². The first kappa shape index (κ1) is 31.8. The summed E-state index contributed by atoms with van der Waals surface area (Å²) in [4.78, 5) is 4.39. The second-order valence-corrected chi connectivity index (χ2v) is 22.1. The minimum absolute atomic E-state index is 0.234. The average molecular weight is 628 g/mol. The summed E-state index contributed by atoms with van der Waals surface area (Å²) in [5.74, 6) is -1.06. The van der Waals surface area contributed by atoms with E-state index in [-0.39, 0.29) is 5.69 Å². The van der Waals surface area contributed by atoms with Crippen molar-refractivity contribution in [1.82, 2.24) is 14.4 Å². The van der Waals surface area contributed by atoms with Crippen LogP contribution in [0.5, 0.6) is 0 Å². The van der Waals surface area contributed by atoms with Crippen LogP contribution in [0.2, 0.25) is 18.1 Å². The van der Waals surface area contributed by atoms with Gasteiger partial charge >= 0.3 is 0 Å². The van der Waals surface area contributed by atoms with Crippen molar-refractivity contribution in [1.29, 1.82) is 5.26 Å². The molecule has 1 saturated heterocycles. The molecule has 12 heteroatoms. The van der Waals surface area contributed by atoms with E-state index in [0.717, 1.165) is 18.1 Å². The quantitative estimate of drug-likeness (QED) is 0.153. The number of alkyl halides is 1. The molecular weight excluding hydrogens is 586 g/mol. The summed E-state index contributed by atoms with van der Waals surface area (Å²) in [5, 5.41) is 10.5. The number of nitrogens with zero attached hydrogens (tertiary/aromatic N) is 2. The number of nitriles is 1. The van der Waals surface area contributed by atoms with Gasteiger partial charge in [-0.15, -0.1) is 4.72 Å². The SMILES string of the molecule is CC[Si](CC)(CC)c1cc(Br)nc([C@](CF)(C[SH]2(=O)NCCC[C@]2(C)C#N)N[S+]([O-])C(C)(C)C)c1F. The number of rotatable bonds is 10. The van der Waals surface area contributed by atoms with E-state index in [4.69, 9.17) is 0 Å². The van der Waals surface area contributed by atoms with Crippen LogP contribution in [0, 0.1) is 17.1 Å². The molecule has 1 aliphatic rings. The van der Waals surface area contributed by atoms with Crippen molar-refractivity contribution in [3.63, 3.8) is 0 Å². The van der Waals surface area contributed by atoms with E-state index < -0.39 is 62.8 Å². The highest BCUT2D eigenvalue weighted by Crippen LogP contribution is 2.38. The van der Waals surface area contributed by atoms with Gasteiger partial charge in [0.1, 0.15) is 37.8 Å². The molecule has 3 atom stereocenters. The fourth-order valence-corrected chi connectivity index (χ4v) is 13.3. The van der Waals surface area contributed by atoms with Crippen LogP contribution in [0.1, 0.15) is 67.0 Å². The molecular formula is C24H41BrF2N4O2S2Si. The molecule has 1 fully saturated rings. The van der Waals surface area contributed by atoms with Crippen LogP contribution in [0.3, 0.4) is 0 Å². The summed E-state index contributed by atoms with van der Waals surface area (Å²) in [7, 11) is -5.90. The van der Waals surface area contributed by atoms with Crippen molar-refractivity contribution in [3.8, 4) is 6.07 Å². The minimum atomic E-state index is -3.62. The lowest BCUT2D eigenvalue weighted by atomic mass is 9.99. The predicted molar refractivity (Wildman–Crippen MR) is 153 cm³/mol. The third kappa shape index (κ3) is 5.92. The molecule has 206 valence electrons. The summed E-state index contributed by atoms with van der Waals surface area (Å²) >= 11 is 1.57. The van der Waals surface area contributed by atoms with Gasteiger partial charge in [-0.1, -0.05) is 38.9 Å². The van der Waals surface area contributed by atoms with Crippen molar-refractivity contribution in [2.24, 2.45) is 0 Å². The Kier molecular flexibility index (Phi) is 10.4. The van der Waals surface area contributed by atoms with E-state index in [1.54, 1.807) is 33.8 Å². The molecule has 0 saturated carbocycles. The van der Waals surface area contributed by atoms with Gasteiger partial charge in [0.25, 0.3) is 0 Å². The average Bonchev–Trinajstić information content (AvgIpc) is 2.83. The van der Waals surface area contributed by atoms with Crippen molar-refractivity contribution >= 4 is 50.7 Å². The Hall–Kier alpha value is -0.423. The molecule has 1 aromatic rings. The molecule has 2 rings (SSSR count). The van der Waals surface area contributed by atoms with Crippen LogP contribution in [-0.2, 0) is 27.0 Å². The van der Waals surface area contributed by atoms with E-state index >= 15 is 8.78 Å². The third-order valence-electron chi connectivity index (χ3n) is 7.79. The largest absolute Gasteiger partial charge is 0.598 e. The molecule has 0 radical (unpaired) electrons. The van der Waals surface area contributed by atoms with Crippen LogP contribution in [-0.4, -0.2) is 50.3 Å². The summed E-state index contributed by atoms with van der Waals surface area (Å²) in [6.07, 6.45) is 1.01. The fraction of sp³-hybridized carbons (Fsp3) is 0.750. The zero-order valence-corrected chi connectivity index (χ0v) is 26.7. The van der Waals surface area contributed by atoms with Crippen LogP contribution >= 0.6 is 15.9 Å². The summed E-state index contributed by atoms with van der Waals surface area (Å²) in [6, 6.07) is 6.24. The maximum atomic E-state index is 16.6. The summed E-state index contributed by atoms with van der Waals surface area (Å²) in [6.45, 7) is 12.1. The van der Waals surface area contributed by atoms with E-state index in [9.17, 15) is 14.0 Å². The molecule has 0 bridgehead atoms. The van der Waals surface area contributed by atoms with Gasteiger partial charge in [-0.25, -0.2) is 13.8 Å². The van der Waals surface area contributed by atoms with Gasteiger partial charge in [0, 0.05) is 23.7 Å². The lowest BCUT2D eigenvalue weighted by Crippen LogP contribution is -2.64. The molecule has 0 spiro atoms. The zero-order valence-electron chi connectivity index (χ0n) is 22.4. The molecule has 36 heavy (non-hydrogen) atoms. The van der Waals surface area contributed by atoms with E-state index in [1.165, 1.54) is 0 Å². The third-order valence-corrected chi connectivity index (χ3v) is 19.1. The highest BCUT2D eigenvalue weighted by atomic mass is 79.9. The normalized spacial score (nSPS) is 23.9. The Morgan fingerprint density at radius 3 is 2.42 bits per heavy atom. The first-order valence-electron chi connectivity index (χ1n) is 12.5. The lowest BCUT2D eigenvalue weighted by molar-refractivity contribution is 0.291. The number of halogens is 3.